The first-order valence-corrected chi connectivity index (χ1v) is 8.17. The highest BCUT2D eigenvalue weighted by atomic mass is 16.5. The largest absolute Gasteiger partial charge is 0.481 e. The minimum Gasteiger partial charge on any atom is -0.481 e. The molecule has 1 heterocycles. The summed E-state index contributed by atoms with van der Waals surface area (Å²) >= 11 is 0. The number of benzene rings is 1. The Morgan fingerprint density at radius 1 is 1.22 bits per heavy atom. The molecule has 5 heteroatoms. The van der Waals surface area contributed by atoms with Gasteiger partial charge in [0.2, 0.25) is 0 Å². The molecule has 1 atom stereocenters. The maximum Gasteiger partial charge on any atom is 0.308 e. The molecule has 0 radical (unpaired) electrons. The SMILES string of the molecule is CC(C)c1ccc(C(=O)NCC(C(=O)O)C2CCOCC2)cc1. The van der Waals surface area contributed by atoms with Crippen LogP contribution in [0.3, 0.4) is 0 Å². The van der Waals surface area contributed by atoms with Crippen molar-refractivity contribution in [2.45, 2.75) is 32.6 Å². The molecule has 1 aromatic carbocycles. The zero-order chi connectivity index (χ0) is 16.8. The first kappa shape index (κ1) is 17.5. The normalized spacial score (nSPS) is 17.0. The van der Waals surface area contributed by atoms with E-state index in [2.05, 4.69) is 19.2 Å². The smallest absolute Gasteiger partial charge is 0.308 e. The second-order valence-electron chi connectivity index (χ2n) is 6.38. The monoisotopic (exact) mass is 319 g/mol. The topological polar surface area (TPSA) is 75.6 Å². The molecule has 1 saturated heterocycles. The van der Waals surface area contributed by atoms with E-state index in [1.54, 1.807) is 12.1 Å². The van der Waals surface area contributed by atoms with E-state index in [0.29, 0.717) is 24.7 Å². The van der Waals surface area contributed by atoms with Crippen molar-refractivity contribution >= 4 is 11.9 Å². The Hall–Kier alpha value is -1.88. The highest BCUT2D eigenvalue weighted by Crippen LogP contribution is 2.24. The number of hydrogen-bond donors (Lipinski definition) is 2. The molecule has 1 aliphatic rings. The number of rotatable bonds is 6. The Balaban J connectivity index is 1.94. The highest BCUT2D eigenvalue weighted by molar-refractivity contribution is 5.94. The zero-order valence-electron chi connectivity index (χ0n) is 13.7. The van der Waals surface area contributed by atoms with Crippen molar-refractivity contribution in [1.82, 2.24) is 5.32 Å². The molecule has 2 rings (SSSR count). The van der Waals surface area contributed by atoms with E-state index in [1.165, 1.54) is 5.56 Å². The molecular formula is C18H25NO4. The summed E-state index contributed by atoms with van der Waals surface area (Å²) in [5, 5.41) is 12.2. The van der Waals surface area contributed by atoms with Crippen LogP contribution in [-0.4, -0.2) is 36.7 Å². The first-order valence-electron chi connectivity index (χ1n) is 8.17. The summed E-state index contributed by atoms with van der Waals surface area (Å²) in [6.07, 6.45) is 1.46. The van der Waals surface area contributed by atoms with Crippen LogP contribution < -0.4 is 5.32 Å². The molecule has 126 valence electrons. The Bertz CT molecular complexity index is 532. The molecule has 1 aliphatic heterocycles. The van der Waals surface area contributed by atoms with Gasteiger partial charge in [0, 0.05) is 25.3 Å². The number of amides is 1. The molecule has 1 fully saturated rings. The van der Waals surface area contributed by atoms with E-state index in [-0.39, 0.29) is 18.4 Å². The van der Waals surface area contributed by atoms with Gasteiger partial charge in [0.05, 0.1) is 5.92 Å². The Morgan fingerprint density at radius 3 is 2.35 bits per heavy atom. The van der Waals surface area contributed by atoms with E-state index >= 15 is 0 Å². The molecule has 0 spiro atoms. The zero-order valence-corrected chi connectivity index (χ0v) is 13.7. The van der Waals surface area contributed by atoms with Crippen LogP contribution in [0, 0.1) is 11.8 Å². The number of carbonyl (C=O) groups excluding carboxylic acids is 1. The van der Waals surface area contributed by atoms with Crippen LogP contribution in [0.25, 0.3) is 0 Å². The van der Waals surface area contributed by atoms with Gasteiger partial charge in [-0.05, 0) is 42.4 Å². The number of carboxylic acid groups (broad SMARTS) is 1. The fourth-order valence-electron chi connectivity index (χ4n) is 2.90. The van der Waals surface area contributed by atoms with Crippen LogP contribution in [0.4, 0.5) is 0 Å². The minimum absolute atomic E-state index is 0.0601. The van der Waals surface area contributed by atoms with Crippen LogP contribution in [0.1, 0.15) is 48.5 Å². The van der Waals surface area contributed by atoms with Crippen LogP contribution in [0.5, 0.6) is 0 Å². The van der Waals surface area contributed by atoms with Crippen molar-refractivity contribution in [2.24, 2.45) is 11.8 Å². The van der Waals surface area contributed by atoms with Gasteiger partial charge in [-0.1, -0.05) is 26.0 Å². The molecule has 0 saturated carbocycles. The van der Waals surface area contributed by atoms with E-state index in [0.717, 1.165) is 12.8 Å². The van der Waals surface area contributed by atoms with E-state index in [1.807, 2.05) is 12.1 Å². The fourth-order valence-corrected chi connectivity index (χ4v) is 2.90. The van der Waals surface area contributed by atoms with E-state index in [4.69, 9.17) is 4.74 Å². The van der Waals surface area contributed by atoms with Gasteiger partial charge in [0.15, 0.2) is 0 Å². The molecule has 1 amide bonds. The molecule has 0 aliphatic carbocycles. The summed E-state index contributed by atoms with van der Waals surface area (Å²) in [5.74, 6) is -1.16. The van der Waals surface area contributed by atoms with Crippen molar-refractivity contribution in [3.05, 3.63) is 35.4 Å². The second-order valence-corrected chi connectivity index (χ2v) is 6.38. The van der Waals surface area contributed by atoms with E-state index < -0.39 is 11.9 Å². The van der Waals surface area contributed by atoms with Crippen LogP contribution >= 0.6 is 0 Å². The van der Waals surface area contributed by atoms with Gasteiger partial charge in [-0.15, -0.1) is 0 Å². The summed E-state index contributed by atoms with van der Waals surface area (Å²) in [6.45, 7) is 5.55. The lowest BCUT2D eigenvalue weighted by Gasteiger charge is -2.27. The maximum absolute atomic E-state index is 12.2. The maximum atomic E-state index is 12.2. The summed E-state index contributed by atoms with van der Waals surface area (Å²) in [5.41, 5.74) is 1.73. The van der Waals surface area contributed by atoms with Crippen molar-refractivity contribution in [2.75, 3.05) is 19.8 Å². The third kappa shape index (κ3) is 4.79. The average Bonchev–Trinajstić information content (AvgIpc) is 2.55. The van der Waals surface area contributed by atoms with Gasteiger partial charge >= 0.3 is 5.97 Å². The standard InChI is InChI=1S/C18H25NO4/c1-12(2)13-3-5-15(6-4-13)17(20)19-11-16(18(21)22)14-7-9-23-10-8-14/h3-6,12,14,16H,7-11H2,1-2H3,(H,19,20)(H,21,22). The highest BCUT2D eigenvalue weighted by Gasteiger charge is 2.30. The summed E-state index contributed by atoms with van der Waals surface area (Å²) in [7, 11) is 0. The molecule has 2 N–H and O–H groups in total. The fraction of sp³-hybridized carbons (Fsp3) is 0.556. The van der Waals surface area contributed by atoms with Crippen LogP contribution in [-0.2, 0) is 9.53 Å². The predicted octanol–water partition coefficient (Wildman–Crippen LogP) is 2.67. The van der Waals surface area contributed by atoms with Crippen LogP contribution in [0.2, 0.25) is 0 Å². The van der Waals surface area contributed by atoms with Crippen molar-refractivity contribution in [3.8, 4) is 0 Å². The minimum atomic E-state index is -0.854. The van der Waals surface area contributed by atoms with Crippen LogP contribution in [0.15, 0.2) is 24.3 Å². The van der Waals surface area contributed by atoms with Crippen molar-refractivity contribution in [3.63, 3.8) is 0 Å². The Kier molecular flexibility index (Phi) is 6.16. The third-order valence-electron chi connectivity index (χ3n) is 4.47. The Morgan fingerprint density at radius 2 is 1.83 bits per heavy atom. The predicted molar refractivity (Wildman–Crippen MR) is 87.5 cm³/mol. The van der Waals surface area contributed by atoms with Gasteiger partial charge < -0.3 is 15.2 Å². The third-order valence-corrected chi connectivity index (χ3v) is 4.47. The van der Waals surface area contributed by atoms with E-state index in [9.17, 15) is 14.7 Å². The number of carboxylic acids is 1. The quantitative estimate of drug-likeness (QED) is 0.845. The first-order chi connectivity index (χ1) is 11.0. The van der Waals surface area contributed by atoms with Crippen molar-refractivity contribution in [1.29, 1.82) is 0 Å². The van der Waals surface area contributed by atoms with Gasteiger partial charge in [-0.3, -0.25) is 9.59 Å². The second kappa shape index (κ2) is 8.11. The molecule has 0 bridgehead atoms. The molecule has 0 aromatic heterocycles. The number of ether oxygens (including phenoxy) is 1. The molecule has 1 unspecified atom stereocenters. The molecule has 23 heavy (non-hydrogen) atoms. The summed E-state index contributed by atoms with van der Waals surface area (Å²) < 4.78 is 5.27. The molecule has 5 nitrogen and oxygen atoms in total. The number of nitrogens with one attached hydrogen (secondary N) is 1. The lowest BCUT2D eigenvalue weighted by Crippen LogP contribution is -2.39. The number of carbonyl (C=O) groups is 2. The van der Waals surface area contributed by atoms with Crippen molar-refractivity contribution < 1.29 is 19.4 Å². The van der Waals surface area contributed by atoms with Gasteiger partial charge in [0.25, 0.3) is 5.91 Å². The number of hydrogen-bond acceptors (Lipinski definition) is 3. The van der Waals surface area contributed by atoms with Gasteiger partial charge in [-0.25, -0.2) is 0 Å². The number of aliphatic carboxylic acids is 1. The summed E-state index contributed by atoms with van der Waals surface area (Å²) in [4.78, 5) is 23.7. The van der Waals surface area contributed by atoms with Gasteiger partial charge in [-0.2, -0.15) is 0 Å². The van der Waals surface area contributed by atoms with Gasteiger partial charge in [0.1, 0.15) is 0 Å². The lowest BCUT2D eigenvalue weighted by atomic mass is 9.86. The molecule has 1 aromatic rings. The average molecular weight is 319 g/mol. The summed E-state index contributed by atoms with van der Waals surface area (Å²) in [6, 6.07) is 7.45. The lowest BCUT2D eigenvalue weighted by molar-refractivity contribution is -0.144. The Labute approximate surface area is 137 Å². The molecular weight excluding hydrogens is 294 g/mol.